The fraction of sp³-hybridized carbons (Fsp3) is 0.636. The maximum absolute atomic E-state index is 11.0. The number of nitrogens with one attached hydrogen (secondary N) is 1. The molecule has 0 amide bonds. The van der Waals surface area contributed by atoms with E-state index in [9.17, 15) is 10.1 Å². The summed E-state index contributed by atoms with van der Waals surface area (Å²) in [7, 11) is 0. The van der Waals surface area contributed by atoms with Crippen LogP contribution in [-0.2, 0) is 0 Å². The third-order valence-electron chi connectivity index (χ3n) is 3.33. The Balaban J connectivity index is 2.07. The molecule has 0 saturated heterocycles. The Kier molecular flexibility index (Phi) is 3.59. The Morgan fingerprint density at radius 3 is 2.78 bits per heavy atom. The molecule has 2 rings (SSSR count). The van der Waals surface area contributed by atoms with Crippen LogP contribution in [0, 0.1) is 23.0 Å². The van der Waals surface area contributed by atoms with E-state index in [2.05, 4.69) is 15.3 Å². The molecule has 0 aromatic carbocycles. The number of nitrogens with zero attached hydrogens (tertiary/aromatic N) is 3. The fourth-order valence-corrected chi connectivity index (χ4v) is 2.11. The summed E-state index contributed by atoms with van der Waals surface area (Å²) in [6, 6.07) is 0. The average Bonchev–Trinajstić information content (AvgIpc) is 2.19. The van der Waals surface area contributed by atoms with Gasteiger partial charge in [-0.15, -0.1) is 0 Å². The molecule has 0 aliphatic heterocycles. The van der Waals surface area contributed by atoms with Crippen molar-refractivity contribution in [2.45, 2.75) is 32.6 Å². The van der Waals surface area contributed by atoms with Gasteiger partial charge in [-0.25, -0.2) is 4.98 Å². The minimum absolute atomic E-state index is 0.0595. The largest absolute Gasteiger partial charge is 0.368 e. The lowest BCUT2D eigenvalue weighted by Crippen LogP contribution is -2.17. The first-order valence-corrected chi connectivity index (χ1v) is 6.10. The smallest absolute Gasteiger partial charge is 0.332 e. The Morgan fingerprint density at radius 2 is 2.22 bits per heavy atom. The van der Waals surface area contributed by atoms with Crippen molar-refractivity contribution in [2.75, 3.05) is 17.6 Å². The topological polar surface area (TPSA) is 107 Å². The molecular formula is C11H17N5O2. The van der Waals surface area contributed by atoms with Gasteiger partial charge in [0.05, 0.1) is 4.92 Å². The van der Waals surface area contributed by atoms with Gasteiger partial charge in [-0.3, -0.25) is 10.1 Å². The fourth-order valence-electron chi connectivity index (χ4n) is 2.11. The van der Waals surface area contributed by atoms with Gasteiger partial charge in [0, 0.05) is 6.54 Å². The number of rotatable bonds is 5. The van der Waals surface area contributed by atoms with Crippen molar-refractivity contribution in [2.24, 2.45) is 5.92 Å². The molecule has 0 unspecified atom stereocenters. The maximum atomic E-state index is 11.0. The van der Waals surface area contributed by atoms with Crippen molar-refractivity contribution < 1.29 is 4.92 Å². The summed E-state index contributed by atoms with van der Waals surface area (Å²) in [5, 5.41) is 14.0. The highest BCUT2D eigenvalue weighted by Gasteiger charge is 2.22. The van der Waals surface area contributed by atoms with Gasteiger partial charge in [0.1, 0.15) is 5.69 Å². The molecule has 0 spiro atoms. The van der Waals surface area contributed by atoms with Gasteiger partial charge in [0.25, 0.3) is 0 Å². The molecule has 1 aliphatic carbocycles. The van der Waals surface area contributed by atoms with E-state index in [1.54, 1.807) is 6.92 Å². The van der Waals surface area contributed by atoms with Gasteiger partial charge in [0.2, 0.25) is 11.8 Å². The Bertz CT molecular complexity index is 459. The van der Waals surface area contributed by atoms with E-state index in [1.807, 2.05) is 0 Å². The van der Waals surface area contributed by atoms with Gasteiger partial charge >= 0.3 is 5.69 Å². The quantitative estimate of drug-likeness (QED) is 0.611. The minimum Gasteiger partial charge on any atom is -0.368 e. The summed E-state index contributed by atoms with van der Waals surface area (Å²) in [6.45, 7) is 2.24. The van der Waals surface area contributed by atoms with Crippen LogP contribution in [0.25, 0.3) is 0 Å². The van der Waals surface area contributed by atoms with Crippen molar-refractivity contribution in [1.29, 1.82) is 0 Å². The zero-order chi connectivity index (χ0) is 13.1. The number of hydrogen-bond donors (Lipinski definition) is 2. The summed E-state index contributed by atoms with van der Waals surface area (Å²) in [5.41, 5.74) is 5.72. The highest BCUT2D eigenvalue weighted by molar-refractivity contribution is 5.60. The zero-order valence-electron chi connectivity index (χ0n) is 10.3. The molecule has 1 aromatic rings. The summed E-state index contributed by atoms with van der Waals surface area (Å²) in [4.78, 5) is 18.2. The monoisotopic (exact) mass is 251 g/mol. The minimum atomic E-state index is -0.472. The third-order valence-corrected chi connectivity index (χ3v) is 3.33. The van der Waals surface area contributed by atoms with Crippen LogP contribution < -0.4 is 11.1 Å². The highest BCUT2D eigenvalue weighted by atomic mass is 16.6. The van der Waals surface area contributed by atoms with Crippen LogP contribution in [0.3, 0.4) is 0 Å². The van der Waals surface area contributed by atoms with Gasteiger partial charge < -0.3 is 11.1 Å². The average molecular weight is 251 g/mol. The molecule has 0 bridgehead atoms. The second-order valence-electron chi connectivity index (χ2n) is 4.63. The molecule has 98 valence electrons. The Morgan fingerprint density at radius 1 is 1.50 bits per heavy atom. The molecule has 3 N–H and O–H groups in total. The number of anilines is 2. The predicted molar refractivity (Wildman–Crippen MR) is 68.3 cm³/mol. The van der Waals surface area contributed by atoms with Crippen molar-refractivity contribution in [3.8, 4) is 0 Å². The SMILES string of the molecule is Cc1nc(N)nc(NCCC2CCC2)c1[N+](=O)[O-]. The Hall–Kier alpha value is -1.92. The predicted octanol–water partition coefficient (Wildman–Crippen LogP) is 1.88. The standard InChI is InChI=1S/C11H17N5O2/c1-7-9(16(17)18)10(15-11(12)14-7)13-6-5-8-3-2-4-8/h8H,2-6H2,1H3,(H3,12,13,14,15). The highest BCUT2D eigenvalue weighted by Crippen LogP contribution is 2.30. The first kappa shape index (κ1) is 12.5. The molecule has 1 saturated carbocycles. The van der Waals surface area contributed by atoms with Gasteiger partial charge in [-0.2, -0.15) is 4.98 Å². The first-order valence-electron chi connectivity index (χ1n) is 6.10. The first-order chi connectivity index (χ1) is 8.58. The van der Waals surface area contributed by atoms with Gasteiger partial charge in [-0.1, -0.05) is 19.3 Å². The van der Waals surface area contributed by atoms with Gasteiger partial charge in [0.15, 0.2) is 0 Å². The van der Waals surface area contributed by atoms with E-state index in [0.29, 0.717) is 12.2 Å². The number of aryl methyl sites for hydroxylation is 1. The van der Waals surface area contributed by atoms with E-state index in [4.69, 9.17) is 5.73 Å². The summed E-state index contributed by atoms with van der Waals surface area (Å²) < 4.78 is 0. The lowest BCUT2D eigenvalue weighted by Gasteiger charge is -2.25. The molecule has 18 heavy (non-hydrogen) atoms. The number of nitro groups is 1. The molecular weight excluding hydrogens is 234 g/mol. The summed E-state index contributed by atoms with van der Waals surface area (Å²) >= 11 is 0. The van der Waals surface area contributed by atoms with E-state index in [0.717, 1.165) is 12.3 Å². The lowest BCUT2D eigenvalue weighted by molar-refractivity contribution is -0.385. The molecule has 1 aromatic heterocycles. The van der Waals surface area contributed by atoms with E-state index in [1.165, 1.54) is 19.3 Å². The van der Waals surface area contributed by atoms with Crippen molar-refractivity contribution in [1.82, 2.24) is 9.97 Å². The van der Waals surface area contributed by atoms with E-state index in [-0.39, 0.29) is 17.5 Å². The van der Waals surface area contributed by atoms with Crippen LogP contribution in [0.15, 0.2) is 0 Å². The van der Waals surface area contributed by atoms with Crippen LogP contribution in [0.5, 0.6) is 0 Å². The van der Waals surface area contributed by atoms with Gasteiger partial charge in [-0.05, 0) is 19.3 Å². The summed E-state index contributed by atoms with van der Waals surface area (Å²) in [5.74, 6) is 1.03. The zero-order valence-corrected chi connectivity index (χ0v) is 10.3. The molecule has 1 heterocycles. The second-order valence-corrected chi connectivity index (χ2v) is 4.63. The van der Waals surface area contributed by atoms with Crippen molar-refractivity contribution in [3.05, 3.63) is 15.8 Å². The summed E-state index contributed by atoms with van der Waals surface area (Å²) in [6.07, 6.45) is 4.83. The third kappa shape index (κ3) is 2.66. The van der Waals surface area contributed by atoms with Crippen molar-refractivity contribution >= 4 is 17.5 Å². The maximum Gasteiger partial charge on any atom is 0.332 e. The van der Waals surface area contributed by atoms with Crippen LogP contribution in [0.4, 0.5) is 17.5 Å². The number of aromatic nitrogens is 2. The second kappa shape index (κ2) is 5.16. The molecule has 7 nitrogen and oxygen atoms in total. The normalized spacial score (nSPS) is 15.2. The van der Waals surface area contributed by atoms with Crippen LogP contribution in [0.1, 0.15) is 31.4 Å². The molecule has 0 radical (unpaired) electrons. The molecule has 1 fully saturated rings. The number of hydrogen-bond acceptors (Lipinski definition) is 6. The van der Waals surface area contributed by atoms with Crippen LogP contribution in [-0.4, -0.2) is 21.4 Å². The lowest BCUT2D eigenvalue weighted by atomic mass is 9.83. The van der Waals surface area contributed by atoms with Crippen LogP contribution >= 0.6 is 0 Å². The van der Waals surface area contributed by atoms with Crippen LogP contribution in [0.2, 0.25) is 0 Å². The molecule has 0 atom stereocenters. The van der Waals surface area contributed by atoms with E-state index >= 15 is 0 Å². The number of nitrogens with two attached hydrogens (primary N) is 1. The van der Waals surface area contributed by atoms with Crippen molar-refractivity contribution in [3.63, 3.8) is 0 Å². The Labute approximate surface area is 105 Å². The molecule has 7 heteroatoms. The molecule has 1 aliphatic rings. The number of nitrogen functional groups attached to an aromatic ring is 1. The van der Waals surface area contributed by atoms with E-state index < -0.39 is 4.92 Å².